The van der Waals surface area contributed by atoms with E-state index >= 15 is 0 Å². The number of hydrogen-bond acceptors (Lipinski definition) is 5. The van der Waals surface area contributed by atoms with E-state index < -0.39 is 30.1 Å². The van der Waals surface area contributed by atoms with Crippen molar-refractivity contribution in [3.63, 3.8) is 0 Å². The Hall–Kier alpha value is -3.09. The summed E-state index contributed by atoms with van der Waals surface area (Å²) in [6.45, 7) is 5.94. The molecule has 0 saturated heterocycles. The zero-order valence-electron chi connectivity index (χ0n) is 17.7. The van der Waals surface area contributed by atoms with Crippen molar-refractivity contribution in [1.82, 2.24) is 5.32 Å². The van der Waals surface area contributed by atoms with Crippen LogP contribution in [0.1, 0.15) is 38.8 Å². The fraction of sp³-hybridized carbons (Fsp3) is 0.391. The highest BCUT2D eigenvalue weighted by Crippen LogP contribution is 2.20. The molecule has 2 aromatic carbocycles. The SMILES string of the molecule is CC(C)(C)OC(=O)N[C@](C)(Cc1ccc(OC[18F])cc1)C(=O)OCc1ccccc1. The molecule has 162 valence electrons. The molecular formula is C23H28FNO5. The van der Waals surface area contributed by atoms with E-state index in [2.05, 4.69) is 5.32 Å². The Kier molecular flexibility index (Phi) is 7.80. The minimum atomic E-state index is -1.38. The maximum Gasteiger partial charge on any atom is 0.408 e. The number of alkyl halides is 1. The van der Waals surface area contributed by atoms with Crippen LogP contribution >= 0.6 is 0 Å². The van der Waals surface area contributed by atoms with E-state index in [9.17, 15) is 14.0 Å². The molecular weight excluding hydrogens is 388 g/mol. The number of rotatable bonds is 8. The van der Waals surface area contributed by atoms with Gasteiger partial charge in [0.2, 0.25) is 6.86 Å². The fourth-order valence-corrected chi connectivity index (χ4v) is 2.75. The highest BCUT2D eigenvalue weighted by Gasteiger charge is 2.38. The number of ether oxygens (including phenoxy) is 3. The number of alkyl carbamates (subject to hydrolysis) is 1. The maximum absolute atomic E-state index is 12.9. The van der Waals surface area contributed by atoms with Gasteiger partial charge >= 0.3 is 12.1 Å². The number of hydrogen-bond donors (Lipinski definition) is 1. The van der Waals surface area contributed by atoms with E-state index in [4.69, 9.17) is 14.2 Å². The molecule has 0 aliphatic carbocycles. The predicted molar refractivity (Wildman–Crippen MR) is 111 cm³/mol. The second kappa shape index (κ2) is 10.1. The predicted octanol–water partition coefficient (Wildman–Crippen LogP) is 4.56. The second-order valence-electron chi connectivity index (χ2n) is 8.09. The Balaban J connectivity index is 2.17. The van der Waals surface area contributed by atoms with Gasteiger partial charge in [-0.2, -0.15) is 0 Å². The summed E-state index contributed by atoms with van der Waals surface area (Å²) in [6.07, 6.45) is -0.575. The molecule has 1 N–H and O–H groups in total. The molecule has 0 heterocycles. The van der Waals surface area contributed by atoms with Crippen LogP contribution in [0.15, 0.2) is 54.6 Å². The number of benzene rings is 2. The van der Waals surface area contributed by atoms with Crippen LogP contribution in [0.2, 0.25) is 0 Å². The smallest absolute Gasteiger partial charge is 0.408 e. The third kappa shape index (κ3) is 7.39. The molecule has 2 rings (SSSR count). The van der Waals surface area contributed by atoms with Crippen molar-refractivity contribution >= 4 is 12.1 Å². The van der Waals surface area contributed by atoms with E-state index in [1.807, 2.05) is 30.3 Å². The van der Waals surface area contributed by atoms with E-state index in [1.165, 1.54) is 0 Å². The van der Waals surface area contributed by atoms with Gasteiger partial charge in [-0.1, -0.05) is 42.5 Å². The van der Waals surface area contributed by atoms with Crippen molar-refractivity contribution in [3.8, 4) is 5.75 Å². The summed E-state index contributed by atoms with van der Waals surface area (Å²) in [5.41, 5.74) is -0.529. The normalized spacial score (nSPS) is 13.1. The molecule has 0 aliphatic rings. The third-order valence-corrected chi connectivity index (χ3v) is 4.14. The summed E-state index contributed by atoms with van der Waals surface area (Å²) in [5, 5.41) is 2.65. The topological polar surface area (TPSA) is 73.9 Å². The van der Waals surface area contributed by atoms with Gasteiger partial charge in [-0.15, -0.1) is 0 Å². The zero-order valence-corrected chi connectivity index (χ0v) is 17.7. The average molecular weight is 416 g/mol. The Morgan fingerprint density at radius 3 is 2.13 bits per heavy atom. The number of amides is 1. The number of halogens is 1. The highest BCUT2D eigenvalue weighted by molar-refractivity contribution is 5.85. The van der Waals surface area contributed by atoms with Crippen molar-refractivity contribution in [2.45, 2.75) is 51.9 Å². The van der Waals surface area contributed by atoms with Gasteiger partial charge in [0.15, 0.2) is 0 Å². The second-order valence-corrected chi connectivity index (χ2v) is 8.09. The summed E-state index contributed by atoms with van der Waals surface area (Å²) in [5.74, 6) is -0.226. The zero-order chi connectivity index (χ0) is 22.2. The van der Waals surface area contributed by atoms with Crippen LogP contribution in [-0.2, 0) is 27.3 Å². The molecule has 1 atom stereocenters. The van der Waals surface area contributed by atoms with Crippen molar-refractivity contribution < 1.29 is 28.2 Å². The number of esters is 1. The quantitative estimate of drug-likeness (QED) is 0.639. The molecule has 0 aliphatic heterocycles. The van der Waals surface area contributed by atoms with Crippen LogP contribution < -0.4 is 10.1 Å². The Labute approximate surface area is 176 Å². The Bertz CT molecular complexity index is 833. The van der Waals surface area contributed by atoms with Gasteiger partial charge in [-0.3, -0.25) is 0 Å². The van der Waals surface area contributed by atoms with Crippen LogP contribution in [0.4, 0.5) is 9.18 Å². The van der Waals surface area contributed by atoms with Crippen LogP contribution in [0.3, 0.4) is 0 Å². The van der Waals surface area contributed by atoms with Crippen LogP contribution in [0, 0.1) is 0 Å². The minimum absolute atomic E-state index is 0.0779. The van der Waals surface area contributed by atoms with Gasteiger partial charge in [0.05, 0.1) is 0 Å². The summed E-state index contributed by atoms with van der Waals surface area (Å²) in [7, 11) is 0. The first-order chi connectivity index (χ1) is 14.1. The number of carbonyl (C=O) groups excluding carboxylic acids is 2. The molecule has 0 unspecified atom stereocenters. The monoisotopic (exact) mass is 416 g/mol. The van der Waals surface area contributed by atoms with Gasteiger partial charge in [0, 0.05) is 6.42 Å². The Morgan fingerprint density at radius 2 is 1.57 bits per heavy atom. The van der Waals surface area contributed by atoms with Crippen LogP contribution in [0.25, 0.3) is 0 Å². The molecule has 0 fully saturated rings. The molecule has 0 spiro atoms. The lowest BCUT2D eigenvalue weighted by atomic mass is 9.93. The lowest BCUT2D eigenvalue weighted by Crippen LogP contribution is -2.55. The third-order valence-electron chi connectivity index (χ3n) is 4.14. The molecule has 6 nitrogen and oxygen atoms in total. The largest absolute Gasteiger partial charge is 0.463 e. The summed E-state index contributed by atoms with van der Waals surface area (Å²) >= 11 is 0. The maximum atomic E-state index is 12.9. The highest BCUT2D eigenvalue weighted by atomic mass is 18.2. The molecule has 2 aromatic rings. The van der Waals surface area contributed by atoms with Gasteiger partial charge in [0.25, 0.3) is 0 Å². The number of nitrogens with one attached hydrogen (secondary N) is 1. The van der Waals surface area contributed by atoms with Crippen molar-refractivity contribution in [2.75, 3.05) is 6.86 Å². The lowest BCUT2D eigenvalue weighted by molar-refractivity contribution is -0.152. The lowest BCUT2D eigenvalue weighted by Gasteiger charge is -2.30. The summed E-state index contributed by atoms with van der Waals surface area (Å²) in [4.78, 5) is 25.3. The first-order valence-corrected chi connectivity index (χ1v) is 9.61. The molecule has 0 aromatic heterocycles. The summed E-state index contributed by atoms with van der Waals surface area (Å²) in [6, 6.07) is 15.8. The average Bonchev–Trinajstić information content (AvgIpc) is 2.67. The van der Waals surface area contributed by atoms with E-state index in [0.29, 0.717) is 5.75 Å². The number of carbonyl (C=O) groups is 2. The first-order valence-electron chi connectivity index (χ1n) is 9.61. The van der Waals surface area contributed by atoms with Crippen LogP contribution in [0.5, 0.6) is 5.75 Å². The summed E-state index contributed by atoms with van der Waals surface area (Å²) < 4.78 is 27.9. The van der Waals surface area contributed by atoms with E-state index in [0.717, 1.165) is 11.1 Å². The molecule has 0 saturated carbocycles. The van der Waals surface area contributed by atoms with E-state index in [1.54, 1.807) is 52.0 Å². The standard InChI is InChI=1S/C23H28FNO5/c1-22(2,3)30-21(27)25-23(4,14-17-10-12-19(13-11-17)29-16-24)20(26)28-15-18-8-6-5-7-9-18/h5-13H,14-16H2,1-4H3,(H,25,27)/t23-/m1/s1/i24-1. The first kappa shape index (κ1) is 23.2. The van der Waals surface area contributed by atoms with Gasteiger partial charge in [-0.05, 0) is 51.0 Å². The molecule has 0 bridgehead atoms. The Morgan fingerprint density at radius 1 is 0.933 bits per heavy atom. The minimum Gasteiger partial charge on any atom is -0.463 e. The van der Waals surface area contributed by atoms with E-state index in [-0.39, 0.29) is 13.0 Å². The van der Waals surface area contributed by atoms with Crippen molar-refractivity contribution in [1.29, 1.82) is 0 Å². The van der Waals surface area contributed by atoms with Crippen molar-refractivity contribution in [2.24, 2.45) is 0 Å². The van der Waals surface area contributed by atoms with Crippen molar-refractivity contribution in [3.05, 3.63) is 65.7 Å². The van der Waals surface area contributed by atoms with Gasteiger partial charge in [0.1, 0.15) is 23.5 Å². The molecule has 7 heteroatoms. The fourth-order valence-electron chi connectivity index (χ4n) is 2.75. The molecule has 1 amide bonds. The van der Waals surface area contributed by atoms with Crippen LogP contribution in [-0.4, -0.2) is 30.1 Å². The molecule has 30 heavy (non-hydrogen) atoms. The van der Waals surface area contributed by atoms with Gasteiger partial charge in [-0.25, -0.2) is 14.0 Å². The molecule has 0 radical (unpaired) electrons. The van der Waals surface area contributed by atoms with Gasteiger partial charge < -0.3 is 19.5 Å².